The van der Waals surface area contributed by atoms with Crippen molar-refractivity contribution in [2.24, 2.45) is 0 Å². The molecule has 0 heterocycles. The monoisotopic (exact) mass is 397 g/mol. The average molecular weight is 398 g/mol. The number of nitriles is 1. The highest BCUT2D eigenvalue weighted by molar-refractivity contribution is 14.1. The number of carbonyl (C=O) groups excluding carboxylic acids is 1. The molecule has 2 aromatic rings. The molecule has 0 saturated carbocycles. The fourth-order valence-corrected chi connectivity index (χ4v) is 2.09. The number of nitrogens with zero attached hydrogens (tertiary/aromatic N) is 1. The molecule has 0 atom stereocenters. The highest BCUT2D eigenvalue weighted by Gasteiger charge is 2.10. The van der Waals surface area contributed by atoms with Crippen molar-refractivity contribution < 1.29 is 4.79 Å². The van der Waals surface area contributed by atoms with Crippen molar-refractivity contribution >= 4 is 51.5 Å². The molecular formula is C14H9ClIN3O. The van der Waals surface area contributed by atoms with Gasteiger partial charge < -0.3 is 11.1 Å². The topological polar surface area (TPSA) is 78.9 Å². The van der Waals surface area contributed by atoms with Gasteiger partial charge in [0.2, 0.25) is 0 Å². The second-order valence-corrected chi connectivity index (χ2v) is 5.57. The number of nitrogens with two attached hydrogens (primary N) is 1. The first-order chi connectivity index (χ1) is 9.51. The Morgan fingerprint density at radius 2 is 2.05 bits per heavy atom. The van der Waals surface area contributed by atoms with E-state index >= 15 is 0 Å². The molecule has 0 aliphatic carbocycles. The van der Waals surface area contributed by atoms with E-state index in [4.69, 9.17) is 22.6 Å². The van der Waals surface area contributed by atoms with Gasteiger partial charge in [-0.15, -0.1) is 0 Å². The fourth-order valence-electron chi connectivity index (χ4n) is 1.58. The number of anilines is 2. The number of rotatable bonds is 2. The minimum atomic E-state index is -0.306. The number of carbonyl (C=O) groups is 1. The lowest BCUT2D eigenvalue weighted by molar-refractivity contribution is 0.102. The van der Waals surface area contributed by atoms with E-state index in [9.17, 15) is 4.79 Å². The number of nitrogens with one attached hydrogen (secondary N) is 1. The van der Waals surface area contributed by atoms with Gasteiger partial charge in [0.1, 0.15) is 0 Å². The second-order valence-electron chi connectivity index (χ2n) is 4.00. The predicted molar refractivity (Wildman–Crippen MR) is 87.7 cm³/mol. The minimum absolute atomic E-state index is 0.306. The van der Waals surface area contributed by atoms with E-state index in [1.54, 1.807) is 30.3 Å². The lowest BCUT2D eigenvalue weighted by Gasteiger charge is -2.09. The van der Waals surface area contributed by atoms with Gasteiger partial charge in [-0.05, 0) is 59.0 Å². The summed E-state index contributed by atoms with van der Waals surface area (Å²) in [6, 6.07) is 11.7. The third kappa shape index (κ3) is 3.21. The molecule has 4 nitrogen and oxygen atoms in total. The summed E-state index contributed by atoms with van der Waals surface area (Å²) < 4.78 is 0.874. The molecule has 0 aliphatic rings. The van der Waals surface area contributed by atoms with E-state index in [2.05, 4.69) is 27.9 Å². The van der Waals surface area contributed by atoms with Crippen LogP contribution in [0.3, 0.4) is 0 Å². The summed E-state index contributed by atoms with van der Waals surface area (Å²) in [7, 11) is 0. The number of hydrogen-bond donors (Lipinski definition) is 2. The van der Waals surface area contributed by atoms with Crippen LogP contribution in [-0.4, -0.2) is 5.91 Å². The van der Waals surface area contributed by atoms with Crippen LogP contribution in [0, 0.1) is 14.9 Å². The third-order valence-corrected chi connectivity index (χ3v) is 4.18. The molecule has 6 heteroatoms. The number of amides is 1. The Bertz CT molecular complexity index is 725. The van der Waals surface area contributed by atoms with E-state index < -0.39 is 0 Å². The van der Waals surface area contributed by atoms with E-state index in [1.807, 2.05) is 6.07 Å². The molecule has 3 N–H and O–H groups in total. The highest BCUT2D eigenvalue weighted by atomic mass is 127. The summed E-state index contributed by atoms with van der Waals surface area (Å²) in [6.07, 6.45) is 0. The van der Waals surface area contributed by atoms with Crippen LogP contribution < -0.4 is 11.1 Å². The molecule has 0 aliphatic heterocycles. The van der Waals surface area contributed by atoms with Gasteiger partial charge in [0, 0.05) is 9.13 Å². The fraction of sp³-hybridized carbons (Fsp3) is 0. The van der Waals surface area contributed by atoms with Crippen LogP contribution >= 0.6 is 34.2 Å². The lowest BCUT2D eigenvalue weighted by atomic mass is 10.1. The van der Waals surface area contributed by atoms with Crippen LogP contribution in [0.15, 0.2) is 36.4 Å². The molecule has 2 aromatic carbocycles. The van der Waals surface area contributed by atoms with Crippen LogP contribution in [0.1, 0.15) is 15.9 Å². The maximum absolute atomic E-state index is 12.1. The lowest BCUT2D eigenvalue weighted by Crippen LogP contribution is -2.13. The van der Waals surface area contributed by atoms with E-state index in [-0.39, 0.29) is 5.91 Å². The quantitative estimate of drug-likeness (QED) is 0.600. The Kier molecular flexibility index (Phi) is 4.47. The van der Waals surface area contributed by atoms with E-state index in [0.29, 0.717) is 27.5 Å². The largest absolute Gasteiger partial charge is 0.397 e. The van der Waals surface area contributed by atoms with E-state index in [0.717, 1.165) is 3.57 Å². The van der Waals surface area contributed by atoms with Crippen LogP contribution in [0.25, 0.3) is 0 Å². The maximum Gasteiger partial charge on any atom is 0.255 e. The summed E-state index contributed by atoms with van der Waals surface area (Å²) in [5, 5.41) is 12.0. The van der Waals surface area contributed by atoms with Gasteiger partial charge >= 0.3 is 0 Å². The zero-order valence-corrected chi connectivity index (χ0v) is 13.1. The van der Waals surface area contributed by atoms with Crippen molar-refractivity contribution in [3.05, 3.63) is 56.1 Å². The van der Waals surface area contributed by atoms with Gasteiger partial charge in [-0.3, -0.25) is 4.79 Å². The second kappa shape index (κ2) is 6.11. The summed E-state index contributed by atoms with van der Waals surface area (Å²) in [4.78, 5) is 12.1. The molecule has 0 aromatic heterocycles. The maximum atomic E-state index is 12.1. The van der Waals surface area contributed by atoms with Gasteiger partial charge in [-0.1, -0.05) is 11.6 Å². The number of nitrogen functional groups attached to an aromatic ring is 1. The minimum Gasteiger partial charge on any atom is -0.397 e. The summed E-state index contributed by atoms with van der Waals surface area (Å²) in [6.45, 7) is 0. The van der Waals surface area contributed by atoms with Gasteiger partial charge in [0.15, 0.2) is 0 Å². The van der Waals surface area contributed by atoms with Gasteiger partial charge in [0.05, 0.1) is 28.0 Å². The summed E-state index contributed by atoms with van der Waals surface area (Å²) in [5.41, 5.74) is 7.47. The Balaban J connectivity index is 2.23. The first-order valence-corrected chi connectivity index (χ1v) is 7.03. The smallest absolute Gasteiger partial charge is 0.255 e. The van der Waals surface area contributed by atoms with Crippen LogP contribution in [0.2, 0.25) is 5.02 Å². The zero-order valence-electron chi connectivity index (χ0n) is 10.2. The molecule has 0 fully saturated rings. The van der Waals surface area contributed by atoms with Gasteiger partial charge in [0.25, 0.3) is 5.91 Å². The predicted octanol–water partition coefficient (Wildman–Crippen LogP) is 3.65. The molecule has 0 radical (unpaired) electrons. The molecule has 0 bridgehead atoms. The molecule has 2 rings (SSSR count). The number of hydrogen-bond acceptors (Lipinski definition) is 3. The van der Waals surface area contributed by atoms with Crippen molar-refractivity contribution in [1.29, 1.82) is 5.26 Å². The molecule has 20 heavy (non-hydrogen) atoms. The molecule has 100 valence electrons. The SMILES string of the molecule is N#Cc1ccc(NC(=O)c2ccc(I)c(Cl)c2)c(N)c1. The summed E-state index contributed by atoms with van der Waals surface area (Å²) in [5.74, 6) is -0.306. The van der Waals surface area contributed by atoms with Crippen molar-refractivity contribution in [1.82, 2.24) is 0 Å². The van der Waals surface area contributed by atoms with Crippen LogP contribution in [0.4, 0.5) is 11.4 Å². The number of benzene rings is 2. The van der Waals surface area contributed by atoms with Crippen LogP contribution in [0.5, 0.6) is 0 Å². The molecule has 1 amide bonds. The van der Waals surface area contributed by atoms with Gasteiger partial charge in [-0.25, -0.2) is 0 Å². The average Bonchev–Trinajstić information content (AvgIpc) is 2.43. The van der Waals surface area contributed by atoms with Crippen molar-refractivity contribution in [2.75, 3.05) is 11.1 Å². The molecule has 0 saturated heterocycles. The number of halogens is 2. The van der Waals surface area contributed by atoms with Crippen molar-refractivity contribution in [3.63, 3.8) is 0 Å². The molecule has 0 spiro atoms. The van der Waals surface area contributed by atoms with Crippen molar-refractivity contribution in [2.45, 2.75) is 0 Å². The first-order valence-electron chi connectivity index (χ1n) is 5.57. The Morgan fingerprint density at radius 3 is 2.65 bits per heavy atom. The third-order valence-electron chi connectivity index (χ3n) is 2.61. The van der Waals surface area contributed by atoms with Gasteiger partial charge in [-0.2, -0.15) is 5.26 Å². The Labute approximate surface area is 134 Å². The normalized spacial score (nSPS) is 9.85. The van der Waals surface area contributed by atoms with Crippen molar-refractivity contribution in [3.8, 4) is 6.07 Å². The molecule has 0 unspecified atom stereocenters. The van der Waals surface area contributed by atoms with E-state index in [1.165, 1.54) is 6.07 Å². The summed E-state index contributed by atoms with van der Waals surface area (Å²) >= 11 is 8.07. The molecular weight excluding hydrogens is 389 g/mol. The highest BCUT2D eigenvalue weighted by Crippen LogP contribution is 2.23. The standard InChI is InChI=1S/C14H9ClIN3O/c15-10-6-9(2-3-11(10)16)14(20)19-13-4-1-8(7-17)5-12(13)18/h1-6H,18H2,(H,19,20). The zero-order chi connectivity index (χ0) is 14.7. The van der Waals surface area contributed by atoms with Crippen LogP contribution in [-0.2, 0) is 0 Å². The Hall–Kier alpha value is -1.78. The Morgan fingerprint density at radius 1 is 1.30 bits per heavy atom. The first kappa shape index (κ1) is 14.6.